The maximum absolute atomic E-state index is 12.5. The summed E-state index contributed by atoms with van der Waals surface area (Å²) in [5, 5.41) is 7.25. The second kappa shape index (κ2) is 8.66. The third-order valence-electron chi connectivity index (χ3n) is 3.77. The first-order valence-electron chi connectivity index (χ1n) is 8.20. The highest BCUT2D eigenvalue weighted by Gasteiger charge is 2.23. The fourth-order valence-corrected chi connectivity index (χ4v) is 2.77. The van der Waals surface area contributed by atoms with Gasteiger partial charge >= 0.3 is 5.97 Å². The quantitative estimate of drug-likeness (QED) is 0.360. The third kappa shape index (κ3) is 4.18. The lowest BCUT2D eigenvalue weighted by Crippen LogP contribution is -2.21. The Hall–Kier alpha value is -3.35. The van der Waals surface area contributed by atoms with Gasteiger partial charge in [0.15, 0.2) is 0 Å². The maximum Gasteiger partial charge on any atom is 0.340 e. The molecule has 2 aromatic rings. The van der Waals surface area contributed by atoms with Crippen LogP contribution < -0.4 is 11.5 Å². The number of hydrogen-bond donors (Lipinski definition) is 2. The first-order chi connectivity index (χ1) is 12.5. The molecule has 0 bridgehead atoms. The van der Waals surface area contributed by atoms with E-state index in [9.17, 15) is 4.79 Å². The van der Waals surface area contributed by atoms with E-state index in [-0.39, 0.29) is 11.9 Å². The van der Waals surface area contributed by atoms with Crippen LogP contribution in [0.3, 0.4) is 0 Å². The molecular formula is C19H23N5O2. The van der Waals surface area contributed by atoms with E-state index in [4.69, 9.17) is 16.2 Å². The van der Waals surface area contributed by atoms with E-state index >= 15 is 0 Å². The number of carbonyl (C=O) groups excluding carboxylic acids is 1. The van der Waals surface area contributed by atoms with Crippen molar-refractivity contribution in [2.24, 2.45) is 21.7 Å². The van der Waals surface area contributed by atoms with Crippen LogP contribution in [-0.4, -0.2) is 29.3 Å². The zero-order valence-electron chi connectivity index (χ0n) is 15.1. The molecule has 0 aliphatic heterocycles. The van der Waals surface area contributed by atoms with Gasteiger partial charge in [-0.25, -0.2) is 4.79 Å². The molecule has 7 nitrogen and oxygen atoms in total. The smallest absolute Gasteiger partial charge is 0.340 e. The van der Waals surface area contributed by atoms with Crippen LogP contribution >= 0.6 is 0 Å². The van der Waals surface area contributed by atoms with Crippen LogP contribution in [0.15, 0.2) is 46.6 Å². The summed E-state index contributed by atoms with van der Waals surface area (Å²) < 4.78 is 7.26. The topological polar surface area (TPSA) is 108 Å². The number of ether oxygens (including phenoxy) is 1. The number of guanidine groups is 1. The van der Waals surface area contributed by atoms with Crippen molar-refractivity contribution in [2.45, 2.75) is 20.8 Å². The van der Waals surface area contributed by atoms with E-state index in [2.05, 4.69) is 10.2 Å². The van der Waals surface area contributed by atoms with Crippen molar-refractivity contribution >= 4 is 24.2 Å². The molecule has 1 heterocycles. The van der Waals surface area contributed by atoms with Gasteiger partial charge in [0.05, 0.1) is 12.2 Å². The van der Waals surface area contributed by atoms with Crippen molar-refractivity contribution in [2.75, 3.05) is 6.61 Å². The van der Waals surface area contributed by atoms with Crippen molar-refractivity contribution < 1.29 is 9.53 Å². The van der Waals surface area contributed by atoms with Crippen molar-refractivity contribution in [1.29, 1.82) is 0 Å². The molecule has 0 atom stereocenters. The Labute approximate surface area is 152 Å². The van der Waals surface area contributed by atoms with E-state index in [0.717, 1.165) is 22.6 Å². The molecule has 0 fully saturated rings. The van der Waals surface area contributed by atoms with Crippen molar-refractivity contribution in [3.05, 3.63) is 58.9 Å². The van der Waals surface area contributed by atoms with Crippen molar-refractivity contribution in [1.82, 2.24) is 4.57 Å². The fraction of sp³-hybridized carbons (Fsp3) is 0.211. The lowest BCUT2D eigenvalue weighted by molar-refractivity contribution is 0.0525. The largest absolute Gasteiger partial charge is 0.462 e. The first-order valence-corrected chi connectivity index (χ1v) is 8.20. The summed E-state index contributed by atoms with van der Waals surface area (Å²) in [6.45, 7) is 5.95. The zero-order chi connectivity index (χ0) is 19.1. The highest BCUT2D eigenvalue weighted by Crippen LogP contribution is 2.28. The SMILES string of the molecule is CCOC(=O)c1c(/C=C/C=N/N=C(N)N)c(C)n(-c2ccccc2)c1C. The van der Waals surface area contributed by atoms with E-state index in [1.165, 1.54) is 6.21 Å². The molecule has 2 rings (SSSR count). The van der Waals surface area contributed by atoms with Crippen LogP contribution in [0.4, 0.5) is 0 Å². The number of allylic oxidation sites excluding steroid dienone is 1. The number of benzene rings is 1. The molecule has 136 valence electrons. The van der Waals surface area contributed by atoms with Gasteiger partial charge in [-0.2, -0.15) is 5.10 Å². The lowest BCUT2D eigenvalue weighted by atomic mass is 10.1. The Morgan fingerprint density at radius 3 is 2.50 bits per heavy atom. The summed E-state index contributed by atoms with van der Waals surface area (Å²) in [5.74, 6) is -0.479. The molecular weight excluding hydrogens is 330 g/mol. The molecule has 4 N–H and O–H groups in total. The number of carbonyl (C=O) groups is 1. The molecule has 0 radical (unpaired) electrons. The standard InChI is InChI=1S/C19H23N5O2/c1-4-26-18(25)17-14(3)24(15-9-6-5-7-10-15)13(2)16(17)11-8-12-22-23-19(20)21/h5-12H,4H2,1-3H3,(H4,20,21,23)/b11-8+,22-12+. The summed E-state index contributed by atoms with van der Waals surface area (Å²) in [6.07, 6.45) is 4.91. The summed E-state index contributed by atoms with van der Waals surface area (Å²) in [4.78, 5) is 12.5. The summed E-state index contributed by atoms with van der Waals surface area (Å²) in [5.41, 5.74) is 14.4. The van der Waals surface area contributed by atoms with Gasteiger partial charge in [0.2, 0.25) is 5.96 Å². The molecule has 7 heteroatoms. The Morgan fingerprint density at radius 1 is 1.19 bits per heavy atom. The molecule has 0 aliphatic carbocycles. The predicted octanol–water partition coefficient (Wildman–Crippen LogP) is 2.54. The Kier molecular flexibility index (Phi) is 6.32. The highest BCUT2D eigenvalue weighted by atomic mass is 16.5. The van der Waals surface area contributed by atoms with Crippen LogP contribution in [0.25, 0.3) is 11.8 Å². The van der Waals surface area contributed by atoms with Crippen molar-refractivity contribution in [3.8, 4) is 5.69 Å². The minimum Gasteiger partial charge on any atom is -0.462 e. The fourth-order valence-electron chi connectivity index (χ4n) is 2.77. The van der Waals surface area contributed by atoms with Gasteiger partial charge in [0.1, 0.15) is 0 Å². The number of nitrogens with zero attached hydrogens (tertiary/aromatic N) is 3. The van der Waals surface area contributed by atoms with Gasteiger partial charge in [-0.15, -0.1) is 5.10 Å². The monoisotopic (exact) mass is 353 g/mol. The van der Waals surface area contributed by atoms with Gasteiger partial charge in [-0.3, -0.25) is 0 Å². The minimum absolute atomic E-state index is 0.121. The van der Waals surface area contributed by atoms with Gasteiger partial charge in [-0.05, 0) is 39.0 Å². The summed E-state index contributed by atoms with van der Waals surface area (Å²) in [6, 6.07) is 9.83. The number of hydrogen-bond acceptors (Lipinski definition) is 4. The van der Waals surface area contributed by atoms with Crippen molar-refractivity contribution in [3.63, 3.8) is 0 Å². The molecule has 0 aliphatic rings. The molecule has 26 heavy (non-hydrogen) atoms. The normalized spacial score (nSPS) is 11.2. The van der Waals surface area contributed by atoms with Gasteiger partial charge in [-0.1, -0.05) is 24.3 Å². The van der Waals surface area contributed by atoms with Crippen LogP contribution in [0.2, 0.25) is 0 Å². The number of aromatic nitrogens is 1. The van der Waals surface area contributed by atoms with Crippen LogP contribution in [0, 0.1) is 13.8 Å². The van der Waals surface area contributed by atoms with Gasteiger partial charge < -0.3 is 20.8 Å². The van der Waals surface area contributed by atoms with Crippen LogP contribution in [-0.2, 0) is 4.74 Å². The van der Waals surface area contributed by atoms with Gasteiger partial charge in [0, 0.05) is 28.9 Å². The maximum atomic E-state index is 12.5. The Morgan fingerprint density at radius 2 is 1.88 bits per heavy atom. The Bertz CT molecular complexity index is 860. The number of rotatable bonds is 6. The minimum atomic E-state index is -0.358. The summed E-state index contributed by atoms with van der Waals surface area (Å²) >= 11 is 0. The van der Waals surface area contributed by atoms with Gasteiger partial charge in [0.25, 0.3) is 0 Å². The summed E-state index contributed by atoms with van der Waals surface area (Å²) in [7, 11) is 0. The number of nitrogens with two attached hydrogens (primary N) is 2. The van der Waals surface area contributed by atoms with E-state index in [1.807, 2.05) is 48.7 Å². The average Bonchev–Trinajstić information content (AvgIpc) is 2.85. The highest BCUT2D eigenvalue weighted by molar-refractivity contribution is 5.97. The molecule has 0 amide bonds. The lowest BCUT2D eigenvalue weighted by Gasteiger charge is -2.09. The third-order valence-corrected chi connectivity index (χ3v) is 3.77. The average molecular weight is 353 g/mol. The number of para-hydroxylation sites is 1. The molecule has 0 spiro atoms. The molecule has 1 aromatic carbocycles. The van der Waals surface area contributed by atoms with Crippen LogP contribution in [0.1, 0.15) is 34.2 Å². The van der Waals surface area contributed by atoms with E-state index < -0.39 is 0 Å². The molecule has 1 aromatic heterocycles. The zero-order valence-corrected chi connectivity index (χ0v) is 15.1. The molecule has 0 unspecified atom stereocenters. The predicted molar refractivity (Wildman–Crippen MR) is 105 cm³/mol. The van der Waals surface area contributed by atoms with Crippen LogP contribution in [0.5, 0.6) is 0 Å². The van der Waals surface area contributed by atoms with E-state index in [0.29, 0.717) is 12.2 Å². The second-order valence-corrected chi connectivity index (χ2v) is 5.50. The molecule has 0 saturated carbocycles. The first kappa shape index (κ1) is 19.0. The van der Waals surface area contributed by atoms with E-state index in [1.54, 1.807) is 19.1 Å². The second-order valence-electron chi connectivity index (χ2n) is 5.50. The molecule has 0 saturated heterocycles. The number of esters is 1. The Balaban J connectivity index is 2.54.